The zero-order chi connectivity index (χ0) is 14.0. The lowest BCUT2D eigenvalue weighted by Gasteiger charge is -2.08. The Morgan fingerprint density at radius 3 is 2.37 bits per heavy atom. The maximum Gasteiger partial charge on any atom is 0.255 e. The second kappa shape index (κ2) is 5.83. The van der Waals surface area contributed by atoms with Crippen LogP contribution in [-0.2, 0) is 0 Å². The molecule has 0 heterocycles. The van der Waals surface area contributed by atoms with Crippen molar-refractivity contribution in [1.82, 2.24) is 0 Å². The van der Waals surface area contributed by atoms with Crippen molar-refractivity contribution < 1.29 is 13.6 Å². The summed E-state index contributed by atoms with van der Waals surface area (Å²) in [6.45, 7) is 0. The van der Waals surface area contributed by atoms with Crippen LogP contribution in [0.4, 0.5) is 14.5 Å². The number of anilines is 1. The number of nitrogens with one attached hydrogen (secondary N) is 1. The number of amides is 1. The smallest absolute Gasteiger partial charge is 0.255 e. The number of rotatable bonds is 2. The molecular formula is C13H7ClF2INO. The van der Waals surface area contributed by atoms with Crippen LogP contribution in [0.2, 0.25) is 5.02 Å². The minimum Gasteiger partial charge on any atom is -0.321 e. The van der Waals surface area contributed by atoms with Crippen molar-refractivity contribution in [3.05, 3.63) is 62.2 Å². The van der Waals surface area contributed by atoms with E-state index >= 15 is 0 Å². The lowest BCUT2D eigenvalue weighted by atomic mass is 10.2. The lowest BCUT2D eigenvalue weighted by molar-refractivity contribution is 0.102. The fourth-order valence-corrected chi connectivity index (χ4v) is 2.13. The minimum atomic E-state index is -0.807. The van der Waals surface area contributed by atoms with Crippen LogP contribution in [0.1, 0.15) is 10.4 Å². The molecule has 0 saturated heterocycles. The SMILES string of the molecule is O=C(Nc1cc(I)ccc1Cl)c1cc(F)cc(F)c1. The van der Waals surface area contributed by atoms with E-state index in [1.165, 1.54) is 0 Å². The Balaban J connectivity index is 2.28. The van der Waals surface area contributed by atoms with E-state index in [0.29, 0.717) is 16.8 Å². The number of carbonyl (C=O) groups excluding carboxylic acids is 1. The largest absolute Gasteiger partial charge is 0.321 e. The van der Waals surface area contributed by atoms with Gasteiger partial charge >= 0.3 is 0 Å². The average Bonchev–Trinajstić information content (AvgIpc) is 2.32. The van der Waals surface area contributed by atoms with Gasteiger partial charge in [0.15, 0.2) is 0 Å². The highest BCUT2D eigenvalue weighted by atomic mass is 127. The summed E-state index contributed by atoms with van der Waals surface area (Å²) in [4.78, 5) is 11.9. The quantitative estimate of drug-likeness (QED) is 0.749. The van der Waals surface area contributed by atoms with Crippen molar-refractivity contribution in [2.75, 3.05) is 5.32 Å². The molecular weight excluding hydrogens is 387 g/mol. The normalized spacial score (nSPS) is 10.3. The third kappa shape index (κ3) is 3.63. The van der Waals surface area contributed by atoms with Crippen molar-refractivity contribution in [3.63, 3.8) is 0 Å². The summed E-state index contributed by atoms with van der Waals surface area (Å²) in [6, 6.07) is 7.69. The van der Waals surface area contributed by atoms with Gasteiger partial charge in [0.25, 0.3) is 5.91 Å². The molecule has 0 radical (unpaired) electrons. The number of halogens is 4. The fourth-order valence-electron chi connectivity index (χ4n) is 1.47. The van der Waals surface area contributed by atoms with Crippen molar-refractivity contribution in [2.45, 2.75) is 0 Å². The molecule has 2 aromatic rings. The van der Waals surface area contributed by atoms with Crippen LogP contribution in [-0.4, -0.2) is 5.91 Å². The molecule has 0 aliphatic rings. The summed E-state index contributed by atoms with van der Waals surface area (Å²) in [6.07, 6.45) is 0. The zero-order valence-corrected chi connectivity index (χ0v) is 12.3. The molecule has 0 atom stereocenters. The molecule has 0 fully saturated rings. The molecule has 2 nitrogen and oxygen atoms in total. The van der Waals surface area contributed by atoms with Crippen molar-refractivity contribution in [1.29, 1.82) is 0 Å². The third-order valence-electron chi connectivity index (χ3n) is 2.30. The van der Waals surface area contributed by atoms with E-state index in [4.69, 9.17) is 11.6 Å². The first kappa shape index (κ1) is 14.2. The van der Waals surface area contributed by atoms with Crippen molar-refractivity contribution >= 4 is 45.8 Å². The van der Waals surface area contributed by atoms with Gasteiger partial charge in [-0.2, -0.15) is 0 Å². The molecule has 0 saturated carbocycles. The van der Waals surface area contributed by atoms with E-state index in [1.54, 1.807) is 18.2 Å². The molecule has 19 heavy (non-hydrogen) atoms. The first-order chi connectivity index (χ1) is 8.95. The standard InChI is InChI=1S/C13H7ClF2INO/c14-11-2-1-10(17)6-12(11)18-13(19)7-3-8(15)5-9(16)4-7/h1-6H,(H,18,19). The van der Waals surface area contributed by atoms with Gasteiger partial charge in [-0.05, 0) is 52.9 Å². The van der Waals surface area contributed by atoms with Crippen LogP contribution >= 0.6 is 34.2 Å². The Kier molecular flexibility index (Phi) is 4.36. The van der Waals surface area contributed by atoms with Gasteiger partial charge in [-0.15, -0.1) is 0 Å². The van der Waals surface area contributed by atoms with Crippen LogP contribution in [0.15, 0.2) is 36.4 Å². The van der Waals surface area contributed by atoms with Crippen LogP contribution in [0.3, 0.4) is 0 Å². The first-order valence-corrected chi connectivity index (χ1v) is 6.64. The molecule has 0 aromatic heterocycles. The summed E-state index contributed by atoms with van der Waals surface area (Å²) in [5.74, 6) is -2.24. The van der Waals surface area contributed by atoms with E-state index in [2.05, 4.69) is 27.9 Å². The van der Waals surface area contributed by atoms with E-state index in [0.717, 1.165) is 15.7 Å². The van der Waals surface area contributed by atoms with Gasteiger partial charge in [0, 0.05) is 15.2 Å². The summed E-state index contributed by atoms with van der Waals surface area (Å²) in [5.41, 5.74) is 0.288. The highest BCUT2D eigenvalue weighted by Crippen LogP contribution is 2.24. The molecule has 0 aliphatic carbocycles. The molecule has 0 spiro atoms. The van der Waals surface area contributed by atoms with Gasteiger partial charge in [-0.1, -0.05) is 11.6 Å². The van der Waals surface area contributed by atoms with E-state index in [9.17, 15) is 13.6 Å². The predicted octanol–water partition coefficient (Wildman–Crippen LogP) is 4.48. The molecule has 1 N–H and O–H groups in total. The summed E-state index contributed by atoms with van der Waals surface area (Å²) < 4.78 is 26.9. The van der Waals surface area contributed by atoms with Gasteiger partial charge in [-0.3, -0.25) is 4.79 Å². The summed E-state index contributed by atoms with van der Waals surface area (Å²) >= 11 is 7.99. The Morgan fingerprint density at radius 1 is 1.11 bits per heavy atom. The third-order valence-corrected chi connectivity index (χ3v) is 3.30. The molecule has 0 aliphatic heterocycles. The first-order valence-electron chi connectivity index (χ1n) is 5.18. The Hall–Kier alpha value is -1.21. The van der Waals surface area contributed by atoms with Gasteiger partial charge in [0.1, 0.15) is 11.6 Å². The molecule has 2 aromatic carbocycles. The van der Waals surface area contributed by atoms with Gasteiger partial charge < -0.3 is 5.32 Å². The Labute approximate surface area is 126 Å². The highest BCUT2D eigenvalue weighted by Gasteiger charge is 2.11. The van der Waals surface area contributed by atoms with Crippen molar-refractivity contribution in [2.24, 2.45) is 0 Å². The second-order valence-corrected chi connectivity index (χ2v) is 5.39. The molecule has 1 amide bonds. The van der Waals surface area contributed by atoms with Crippen LogP contribution in [0.25, 0.3) is 0 Å². The van der Waals surface area contributed by atoms with Crippen LogP contribution in [0.5, 0.6) is 0 Å². The molecule has 6 heteroatoms. The number of hydrogen-bond acceptors (Lipinski definition) is 1. The average molecular weight is 394 g/mol. The number of benzene rings is 2. The summed E-state index contributed by atoms with van der Waals surface area (Å²) in [5, 5.41) is 2.87. The Morgan fingerprint density at radius 2 is 1.74 bits per heavy atom. The van der Waals surface area contributed by atoms with Crippen molar-refractivity contribution in [3.8, 4) is 0 Å². The fraction of sp³-hybridized carbons (Fsp3) is 0. The van der Waals surface area contributed by atoms with Gasteiger partial charge in [-0.25, -0.2) is 8.78 Å². The number of hydrogen-bond donors (Lipinski definition) is 1. The Bertz CT molecular complexity index is 628. The van der Waals surface area contributed by atoms with E-state index in [-0.39, 0.29) is 5.56 Å². The maximum absolute atomic E-state index is 13.0. The van der Waals surface area contributed by atoms with Crippen LogP contribution < -0.4 is 5.32 Å². The molecule has 98 valence electrons. The summed E-state index contributed by atoms with van der Waals surface area (Å²) in [7, 11) is 0. The second-order valence-electron chi connectivity index (χ2n) is 3.74. The molecule has 0 unspecified atom stereocenters. The van der Waals surface area contributed by atoms with Crippen LogP contribution in [0, 0.1) is 15.2 Å². The predicted molar refractivity (Wildman–Crippen MR) is 78.5 cm³/mol. The molecule has 0 bridgehead atoms. The number of carbonyl (C=O) groups is 1. The minimum absolute atomic E-state index is 0.104. The molecule has 2 rings (SSSR count). The lowest BCUT2D eigenvalue weighted by Crippen LogP contribution is -2.13. The topological polar surface area (TPSA) is 29.1 Å². The van der Waals surface area contributed by atoms with E-state index in [1.807, 2.05) is 0 Å². The van der Waals surface area contributed by atoms with E-state index < -0.39 is 17.5 Å². The monoisotopic (exact) mass is 393 g/mol. The zero-order valence-electron chi connectivity index (χ0n) is 9.38. The maximum atomic E-state index is 13.0. The van der Waals surface area contributed by atoms with Gasteiger partial charge in [0.2, 0.25) is 0 Å². The van der Waals surface area contributed by atoms with Gasteiger partial charge in [0.05, 0.1) is 10.7 Å². The highest BCUT2D eigenvalue weighted by molar-refractivity contribution is 14.1.